The third-order valence-corrected chi connectivity index (χ3v) is 9.06. The summed E-state index contributed by atoms with van der Waals surface area (Å²) < 4.78 is 17.8. The van der Waals surface area contributed by atoms with Crippen molar-refractivity contribution in [2.24, 2.45) is 28.6 Å². The standard InChI is InChI=1S/C25H32O6/c1-5-29-24(4)30-14-20(28)25(31-24)11-9-18-17-7-6-15-12-16(26)8-10-22(15,2)21(17)19(27)13-23(18,25)3/h8,10,12,17-18,21H,5-7,9,11,13-14H2,1-4H3/t17-,18-,21+,22-,23+,24-,25+/m1/s1. The first-order valence-corrected chi connectivity index (χ1v) is 11.6. The van der Waals surface area contributed by atoms with Gasteiger partial charge in [-0.15, -0.1) is 0 Å². The van der Waals surface area contributed by atoms with Crippen LogP contribution in [0.4, 0.5) is 0 Å². The predicted molar refractivity (Wildman–Crippen MR) is 112 cm³/mol. The number of carbonyl (C=O) groups is 3. The van der Waals surface area contributed by atoms with Gasteiger partial charge in [0.05, 0.1) is 0 Å². The van der Waals surface area contributed by atoms with Gasteiger partial charge in [0.2, 0.25) is 0 Å². The first-order valence-electron chi connectivity index (χ1n) is 11.6. The van der Waals surface area contributed by atoms with E-state index in [0.717, 1.165) is 24.8 Å². The van der Waals surface area contributed by atoms with Crippen molar-refractivity contribution in [3.05, 3.63) is 23.8 Å². The Balaban J connectivity index is 1.54. The number of hydrogen-bond donors (Lipinski definition) is 0. The van der Waals surface area contributed by atoms with Crippen LogP contribution in [0.1, 0.15) is 59.8 Å². The average molecular weight is 429 g/mol. The third-order valence-electron chi connectivity index (χ3n) is 9.06. The molecule has 6 nitrogen and oxygen atoms in total. The molecule has 1 saturated heterocycles. The molecule has 0 aromatic carbocycles. The fourth-order valence-corrected chi connectivity index (χ4v) is 7.69. The number of carbonyl (C=O) groups excluding carboxylic acids is 3. The molecular weight excluding hydrogens is 396 g/mol. The van der Waals surface area contributed by atoms with E-state index in [0.29, 0.717) is 19.4 Å². The van der Waals surface area contributed by atoms with Crippen LogP contribution in [-0.4, -0.2) is 42.1 Å². The van der Waals surface area contributed by atoms with Crippen molar-refractivity contribution in [2.75, 3.05) is 13.2 Å². The van der Waals surface area contributed by atoms with Gasteiger partial charge in [-0.3, -0.25) is 14.4 Å². The molecular formula is C25H32O6. The Morgan fingerprint density at radius 2 is 1.94 bits per heavy atom. The van der Waals surface area contributed by atoms with Crippen molar-refractivity contribution < 1.29 is 28.6 Å². The molecule has 0 N–H and O–H groups in total. The van der Waals surface area contributed by atoms with E-state index in [1.165, 1.54) is 0 Å². The van der Waals surface area contributed by atoms with E-state index in [2.05, 4.69) is 13.8 Å². The van der Waals surface area contributed by atoms with Gasteiger partial charge in [0.1, 0.15) is 18.0 Å². The molecule has 5 rings (SSSR count). The van der Waals surface area contributed by atoms with Crippen LogP contribution >= 0.6 is 0 Å². The first-order chi connectivity index (χ1) is 14.6. The van der Waals surface area contributed by atoms with Gasteiger partial charge >= 0.3 is 0 Å². The number of ether oxygens (including phenoxy) is 3. The summed E-state index contributed by atoms with van der Waals surface area (Å²) in [6, 6.07) is 0. The van der Waals surface area contributed by atoms with Crippen LogP contribution in [0.25, 0.3) is 0 Å². The third kappa shape index (κ3) is 2.71. The first kappa shape index (κ1) is 21.2. The summed E-state index contributed by atoms with van der Waals surface area (Å²) in [5.41, 5.74) is -0.981. The highest BCUT2D eigenvalue weighted by atomic mass is 16.9. The summed E-state index contributed by atoms with van der Waals surface area (Å²) in [6.45, 7) is 8.11. The molecule has 0 aromatic rings. The van der Waals surface area contributed by atoms with Crippen LogP contribution in [0.2, 0.25) is 0 Å². The van der Waals surface area contributed by atoms with Crippen LogP contribution in [0.15, 0.2) is 23.8 Å². The van der Waals surface area contributed by atoms with Gasteiger partial charge in [-0.05, 0) is 56.6 Å². The van der Waals surface area contributed by atoms with Crippen molar-refractivity contribution >= 4 is 17.3 Å². The molecule has 4 aliphatic carbocycles. The average Bonchev–Trinajstić information content (AvgIpc) is 2.98. The molecule has 0 unspecified atom stereocenters. The van der Waals surface area contributed by atoms with Crippen LogP contribution in [0, 0.1) is 28.6 Å². The number of Topliss-reactive ketones (excluding diaryl/α,β-unsaturated/α-hetero) is 2. The highest BCUT2D eigenvalue weighted by Crippen LogP contribution is 2.67. The summed E-state index contributed by atoms with van der Waals surface area (Å²) in [6.07, 6.45) is 8.71. The Bertz CT molecular complexity index is 919. The van der Waals surface area contributed by atoms with Gasteiger partial charge in [-0.2, -0.15) is 0 Å². The molecule has 0 aromatic heterocycles. The Kier molecular flexibility index (Phi) is 4.58. The SMILES string of the molecule is CCO[C@]1(C)OCC(=O)[C@]2(CC[C@@H]3[C@H]4CCC5=CC(=O)C=C[C@@]5(C)[C@@H]4C(=O)C[C@@]32C)O1. The maximum absolute atomic E-state index is 13.8. The second-order valence-electron chi connectivity index (χ2n) is 10.5. The summed E-state index contributed by atoms with van der Waals surface area (Å²) in [5, 5.41) is 0. The lowest BCUT2D eigenvalue weighted by molar-refractivity contribution is -0.419. The van der Waals surface area contributed by atoms with Crippen molar-refractivity contribution in [1.82, 2.24) is 0 Å². The van der Waals surface area contributed by atoms with Gasteiger partial charge < -0.3 is 14.2 Å². The highest BCUT2D eigenvalue weighted by Gasteiger charge is 2.71. The zero-order valence-corrected chi connectivity index (χ0v) is 18.9. The van der Waals surface area contributed by atoms with Gasteiger partial charge in [-0.25, -0.2) is 0 Å². The van der Waals surface area contributed by atoms with Crippen LogP contribution < -0.4 is 0 Å². The lowest BCUT2D eigenvalue weighted by atomic mass is 9.46. The van der Waals surface area contributed by atoms with E-state index >= 15 is 0 Å². The molecule has 3 saturated carbocycles. The van der Waals surface area contributed by atoms with E-state index in [1.54, 1.807) is 19.1 Å². The van der Waals surface area contributed by atoms with Crippen molar-refractivity contribution in [1.29, 1.82) is 0 Å². The maximum atomic E-state index is 13.8. The van der Waals surface area contributed by atoms with Crippen molar-refractivity contribution in [2.45, 2.75) is 71.4 Å². The van der Waals surface area contributed by atoms with Gasteiger partial charge in [0.15, 0.2) is 11.6 Å². The fourth-order valence-electron chi connectivity index (χ4n) is 7.69. The molecule has 5 aliphatic rings. The van der Waals surface area contributed by atoms with E-state index in [9.17, 15) is 14.4 Å². The van der Waals surface area contributed by atoms with Crippen LogP contribution in [0.5, 0.6) is 0 Å². The minimum absolute atomic E-state index is 0.00949. The molecule has 4 fully saturated rings. The normalized spacial score (nSPS) is 49.0. The van der Waals surface area contributed by atoms with Crippen LogP contribution in [-0.2, 0) is 28.6 Å². The molecule has 168 valence electrons. The van der Waals surface area contributed by atoms with Gasteiger partial charge in [-0.1, -0.05) is 25.5 Å². The smallest absolute Gasteiger partial charge is 0.281 e. The Labute approximate surface area is 183 Å². The summed E-state index contributed by atoms with van der Waals surface area (Å²) >= 11 is 0. The molecule has 0 bridgehead atoms. The summed E-state index contributed by atoms with van der Waals surface area (Å²) in [4.78, 5) is 39.0. The van der Waals surface area contributed by atoms with E-state index < -0.39 is 22.4 Å². The topological polar surface area (TPSA) is 78.9 Å². The molecule has 1 heterocycles. The fraction of sp³-hybridized carbons (Fsp3) is 0.720. The zero-order chi connectivity index (χ0) is 22.2. The van der Waals surface area contributed by atoms with Crippen molar-refractivity contribution in [3.63, 3.8) is 0 Å². The summed E-state index contributed by atoms with van der Waals surface area (Å²) in [5.74, 6) is -0.949. The predicted octanol–water partition coefficient (Wildman–Crippen LogP) is 3.54. The molecule has 1 spiro atoms. The number of ketones is 3. The largest absolute Gasteiger partial charge is 0.328 e. The van der Waals surface area contributed by atoms with Crippen LogP contribution in [0.3, 0.4) is 0 Å². The summed E-state index contributed by atoms with van der Waals surface area (Å²) in [7, 11) is 0. The lowest BCUT2D eigenvalue weighted by Gasteiger charge is -2.58. The van der Waals surface area contributed by atoms with E-state index in [-0.39, 0.29) is 41.7 Å². The molecule has 6 heteroatoms. The quantitative estimate of drug-likeness (QED) is 0.669. The highest BCUT2D eigenvalue weighted by molar-refractivity contribution is 6.02. The second-order valence-corrected chi connectivity index (χ2v) is 10.5. The molecule has 0 amide bonds. The number of rotatable bonds is 2. The van der Waals surface area contributed by atoms with E-state index in [4.69, 9.17) is 14.2 Å². The van der Waals surface area contributed by atoms with E-state index in [1.807, 2.05) is 13.0 Å². The Morgan fingerprint density at radius 1 is 1.16 bits per heavy atom. The minimum atomic E-state index is -1.28. The molecule has 1 aliphatic heterocycles. The van der Waals surface area contributed by atoms with Crippen molar-refractivity contribution in [3.8, 4) is 0 Å². The monoisotopic (exact) mass is 428 g/mol. The minimum Gasteiger partial charge on any atom is -0.328 e. The second kappa shape index (κ2) is 6.69. The van der Waals surface area contributed by atoms with Gasteiger partial charge in [0.25, 0.3) is 5.97 Å². The number of hydrogen-bond acceptors (Lipinski definition) is 6. The lowest BCUT2D eigenvalue weighted by Crippen LogP contribution is -2.66. The maximum Gasteiger partial charge on any atom is 0.281 e. The molecule has 0 radical (unpaired) electrons. The van der Waals surface area contributed by atoms with Gasteiger partial charge in [0, 0.05) is 36.7 Å². The number of allylic oxidation sites excluding steroid dienone is 4. The molecule has 7 atom stereocenters. The Hall–Kier alpha value is -1.63. The number of fused-ring (bicyclic) bond motifs is 6. The Morgan fingerprint density at radius 3 is 2.68 bits per heavy atom. The zero-order valence-electron chi connectivity index (χ0n) is 18.9. The molecule has 31 heavy (non-hydrogen) atoms.